The van der Waals surface area contributed by atoms with Crippen LogP contribution in [0.2, 0.25) is 0 Å². The lowest BCUT2D eigenvalue weighted by atomic mass is 10.1. The molecule has 0 unspecified atom stereocenters. The van der Waals surface area contributed by atoms with E-state index in [9.17, 15) is 9.90 Å². The van der Waals surface area contributed by atoms with Gasteiger partial charge in [-0.1, -0.05) is 5.21 Å². The van der Waals surface area contributed by atoms with Crippen LogP contribution in [0.4, 0.5) is 5.82 Å². The summed E-state index contributed by atoms with van der Waals surface area (Å²) >= 11 is 0. The van der Waals surface area contributed by atoms with Gasteiger partial charge in [0, 0.05) is 25.0 Å². The summed E-state index contributed by atoms with van der Waals surface area (Å²) in [7, 11) is 0. The number of aryl methyl sites for hydroxylation is 3. The first-order valence-electron chi connectivity index (χ1n) is 6.37. The van der Waals surface area contributed by atoms with Gasteiger partial charge in [-0.3, -0.25) is 4.68 Å². The molecule has 0 aliphatic carbocycles. The maximum Gasteiger partial charge on any atom is 0.339 e. The Morgan fingerprint density at radius 2 is 2.25 bits per heavy atom. The highest BCUT2D eigenvalue weighted by Gasteiger charge is 2.15. The van der Waals surface area contributed by atoms with E-state index in [2.05, 4.69) is 20.6 Å². The van der Waals surface area contributed by atoms with E-state index in [1.165, 1.54) is 0 Å². The molecule has 0 aromatic carbocycles. The molecule has 0 radical (unpaired) electrons. The number of carboxylic acid groups (broad SMARTS) is 1. The fourth-order valence-electron chi connectivity index (χ4n) is 2.03. The molecule has 106 valence electrons. The summed E-state index contributed by atoms with van der Waals surface area (Å²) < 4.78 is 1.73. The SMILES string of the molecule is Cc1cc(C)c(C(=O)O)c(NCCCn2ccnn2)n1. The second-order valence-corrected chi connectivity index (χ2v) is 4.56. The molecule has 2 aromatic heterocycles. The fraction of sp³-hybridized carbons (Fsp3) is 0.385. The third-order valence-corrected chi connectivity index (χ3v) is 2.89. The van der Waals surface area contributed by atoms with E-state index >= 15 is 0 Å². The highest BCUT2D eigenvalue weighted by molar-refractivity contribution is 5.94. The van der Waals surface area contributed by atoms with Crippen molar-refractivity contribution in [1.29, 1.82) is 0 Å². The van der Waals surface area contributed by atoms with Crippen LogP contribution >= 0.6 is 0 Å². The van der Waals surface area contributed by atoms with E-state index in [4.69, 9.17) is 0 Å². The molecular formula is C13H17N5O2. The minimum atomic E-state index is -0.964. The van der Waals surface area contributed by atoms with Gasteiger partial charge in [0.2, 0.25) is 0 Å². The number of aromatic carboxylic acids is 1. The average Bonchev–Trinajstić information content (AvgIpc) is 2.86. The first-order valence-corrected chi connectivity index (χ1v) is 6.37. The second kappa shape index (κ2) is 6.14. The van der Waals surface area contributed by atoms with Crippen molar-refractivity contribution in [2.24, 2.45) is 0 Å². The molecule has 0 aliphatic heterocycles. The largest absolute Gasteiger partial charge is 0.478 e. The topological polar surface area (TPSA) is 92.9 Å². The van der Waals surface area contributed by atoms with E-state index in [1.54, 1.807) is 30.1 Å². The van der Waals surface area contributed by atoms with Crippen LogP contribution < -0.4 is 5.32 Å². The van der Waals surface area contributed by atoms with Crippen LogP contribution in [0, 0.1) is 13.8 Å². The van der Waals surface area contributed by atoms with Gasteiger partial charge in [0.15, 0.2) is 0 Å². The number of carboxylic acids is 1. The summed E-state index contributed by atoms with van der Waals surface area (Å²) in [5, 5.41) is 19.9. The molecule has 0 spiro atoms. The van der Waals surface area contributed by atoms with E-state index in [-0.39, 0.29) is 5.56 Å². The molecule has 0 saturated heterocycles. The van der Waals surface area contributed by atoms with Crippen molar-refractivity contribution in [1.82, 2.24) is 20.0 Å². The molecule has 0 amide bonds. The smallest absolute Gasteiger partial charge is 0.339 e. The summed E-state index contributed by atoms with van der Waals surface area (Å²) in [6.45, 7) is 4.97. The minimum Gasteiger partial charge on any atom is -0.478 e. The van der Waals surface area contributed by atoms with Crippen LogP contribution in [0.5, 0.6) is 0 Å². The molecule has 0 aliphatic rings. The highest BCUT2D eigenvalue weighted by Crippen LogP contribution is 2.18. The predicted octanol–water partition coefficient (Wildman–Crippen LogP) is 1.49. The van der Waals surface area contributed by atoms with Gasteiger partial charge in [-0.05, 0) is 31.9 Å². The van der Waals surface area contributed by atoms with E-state index < -0.39 is 5.97 Å². The molecule has 2 N–H and O–H groups in total. The van der Waals surface area contributed by atoms with Crippen LogP contribution in [0.1, 0.15) is 28.0 Å². The van der Waals surface area contributed by atoms with Crippen LogP contribution in [-0.2, 0) is 6.54 Å². The van der Waals surface area contributed by atoms with E-state index in [0.29, 0.717) is 17.9 Å². The number of anilines is 1. The van der Waals surface area contributed by atoms with E-state index in [0.717, 1.165) is 18.7 Å². The molecule has 0 saturated carbocycles. The van der Waals surface area contributed by atoms with Crippen molar-refractivity contribution < 1.29 is 9.90 Å². The van der Waals surface area contributed by atoms with Gasteiger partial charge in [-0.15, -0.1) is 5.10 Å². The Balaban J connectivity index is 1.99. The van der Waals surface area contributed by atoms with Gasteiger partial charge < -0.3 is 10.4 Å². The molecule has 7 heteroatoms. The third-order valence-electron chi connectivity index (χ3n) is 2.89. The van der Waals surface area contributed by atoms with Gasteiger partial charge in [0.1, 0.15) is 11.4 Å². The summed E-state index contributed by atoms with van der Waals surface area (Å²) in [4.78, 5) is 15.5. The zero-order chi connectivity index (χ0) is 14.5. The Morgan fingerprint density at radius 1 is 1.45 bits per heavy atom. The van der Waals surface area contributed by atoms with Gasteiger partial charge in [-0.2, -0.15) is 0 Å². The maximum absolute atomic E-state index is 11.3. The summed E-state index contributed by atoms with van der Waals surface area (Å²) in [5.74, 6) is -0.539. The molecule has 0 fully saturated rings. The summed E-state index contributed by atoms with van der Waals surface area (Å²) in [5.41, 5.74) is 1.74. The van der Waals surface area contributed by atoms with Crippen molar-refractivity contribution in [3.05, 3.63) is 35.3 Å². The van der Waals surface area contributed by atoms with Crippen LogP contribution in [0.15, 0.2) is 18.5 Å². The number of nitrogens with zero attached hydrogens (tertiary/aromatic N) is 4. The van der Waals surface area contributed by atoms with Gasteiger partial charge in [0.05, 0.1) is 6.20 Å². The van der Waals surface area contributed by atoms with Crippen molar-refractivity contribution in [2.45, 2.75) is 26.8 Å². The lowest BCUT2D eigenvalue weighted by Gasteiger charge is -2.11. The van der Waals surface area contributed by atoms with Crippen molar-refractivity contribution >= 4 is 11.8 Å². The monoisotopic (exact) mass is 275 g/mol. The van der Waals surface area contributed by atoms with Crippen LogP contribution in [0.3, 0.4) is 0 Å². The minimum absolute atomic E-state index is 0.233. The number of hydrogen-bond acceptors (Lipinski definition) is 5. The molecule has 0 atom stereocenters. The number of pyridine rings is 1. The fourth-order valence-corrected chi connectivity index (χ4v) is 2.03. The average molecular weight is 275 g/mol. The lowest BCUT2D eigenvalue weighted by Crippen LogP contribution is -2.13. The quantitative estimate of drug-likeness (QED) is 0.776. The van der Waals surface area contributed by atoms with Crippen molar-refractivity contribution in [3.8, 4) is 0 Å². The number of aromatic nitrogens is 4. The normalized spacial score (nSPS) is 10.5. The second-order valence-electron chi connectivity index (χ2n) is 4.56. The van der Waals surface area contributed by atoms with Gasteiger partial charge >= 0.3 is 5.97 Å². The van der Waals surface area contributed by atoms with Gasteiger partial charge in [-0.25, -0.2) is 9.78 Å². The molecular weight excluding hydrogens is 258 g/mol. The van der Waals surface area contributed by atoms with Gasteiger partial charge in [0.25, 0.3) is 0 Å². The Morgan fingerprint density at radius 3 is 2.90 bits per heavy atom. The summed E-state index contributed by atoms with van der Waals surface area (Å²) in [6, 6.07) is 1.77. The molecule has 7 nitrogen and oxygen atoms in total. The number of rotatable bonds is 6. The number of nitrogens with one attached hydrogen (secondary N) is 1. The standard InChI is InChI=1S/C13H17N5O2/c1-9-8-10(2)16-12(11(9)13(19)20)14-4-3-6-18-7-5-15-17-18/h5,7-8H,3-4,6H2,1-2H3,(H,14,16)(H,19,20). The molecule has 20 heavy (non-hydrogen) atoms. The zero-order valence-corrected chi connectivity index (χ0v) is 11.5. The van der Waals surface area contributed by atoms with Crippen LogP contribution in [0.25, 0.3) is 0 Å². The molecule has 2 heterocycles. The van der Waals surface area contributed by atoms with E-state index in [1.807, 2.05) is 6.92 Å². The Kier molecular flexibility index (Phi) is 4.29. The number of hydrogen-bond donors (Lipinski definition) is 2. The Bertz CT molecular complexity index is 595. The lowest BCUT2D eigenvalue weighted by molar-refractivity contribution is 0.0697. The first-order chi connectivity index (χ1) is 9.58. The van der Waals surface area contributed by atoms with Crippen molar-refractivity contribution in [3.63, 3.8) is 0 Å². The van der Waals surface area contributed by atoms with Crippen molar-refractivity contribution in [2.75, 3.05) is 11.9 Å². The highest BCUT2D eigenvalue weighted by atomic mass is 16.4. The maximum atomic E-state index is 11.3. The molecule has 2 aromatic rings. The molecule has 2 rings (SSSR count). The number of carbonyl (C=O) groups is 1. The first kappa shape index (κ1) is 14.0. The third kappa shape index (κ3) is 3.31. The van der Waals surface area contributed by atoms with Crippen LogP contribution in [-0.4, -0.2) is 37.6 Å². The Labute approximate surface area is 116 Å². The zero-order valence-electron chi connectivity index (χ0n) is 11.5. The predicted molar refractivity (Wildman–Crippen MR) is 73.8 cm³/mol. The molecule has 0 bridgehead atoms. The summed E-state index contributed by atoms with van der Waals surface area (Å²) in [6.07, 6.45) is 4.22. The Hall–Kier alpha value is -2.44.